The van der Waals surface area contributed by atoms with Gasteiger partial charge in [-0.2, -0.15) is 0 Å². The fourth-order valence-corrected chi connectivity index (χ4v) is 1.93. The summed E-state index contributed by atoms with van der Waals surface area (Å²) < 4.78 is 5.31. The Kier molecular flexibility index (Phi) is 4.93. The Hall–Kier alpha value is -1.87. The van der Waals surface area contributed by atoms with Crippen LogP contribution in [0.1, 0.15) is 42.3 Å². The molecule has 3 heteroatoms. The number of hydrogen-bond donors (Lipinski definition) is 1. The Morgan fingerprint density at radius 2 is 2.00 bits per heavy atom. The lowest BCUT2D eigenvalue weighted by Crippen LogP contribution is -1.93. The second-order valence-corrected chi connectivity index (χ2v) is 4.48. The highest BCUT2D eigenvalue weighted by molar-refractivity contribution is 5.68. The van der Waals surface area contributed by atoms with Crippen LogP contribution in [-0.2, 0) is 13.0 Å². The number of nitrogens with zero attached hydrogens (tertiary/aromatic N) is 1. The van der Waals surface area contributed by atoms with E-state index in [0.717, 1.165) is 36.1 Å². The van der Waals surface area contributed by atoms with Gasteiger partial charge in [-0.1, -0.05) is 54.9 Å². The average molecular weight is 257 g/mol. The summed E-state index contributed by atoms with van der Waals surface area (Å²) in [7, 11) is 0. The fraction of sp³-hybridized carbons (Fsp3) is 0.312. The van der Waals surface area contributed by atoms with Crippen molar-refractivity contribution in [1.82, 2.24) is 5.16 Å². The van der Waals surface area contributed by atoms with Gasteiger partial charge in [-0.3, -0.25) is 0 Å². The first-order chi connectivity index (χ1) is 9.35. The summed E-state index contributed by atoms with van der Waals surface area (Å²) >= 11 is 0. The first-order valence-corrected chi connectivity index (χ1v) is 6.66. The van der Waals surface area contributed by atoms with Crippen LogP contribution in [0.25, 0.3) is 12.2 Å². The molecule has 0 atom stereocenters. The zero-order valence-corrected chi connectivity index (χ0v) is 11.2. The van der Waals surface area contributed by atoms with Crippen molar-refractivity contribution in [2.24, 2.45) is 0 Å². The molecule has 19 heavy (non-hydrogen) atoms. The summed E-state index contributed by atoms with van der Waals surface area (Å²) in [5, 5.41) is 13.5. The fourth-order valence-electron chi connectivity index (χ4n) is 1.93. The standard InChI is InChI=1S/C16H19NO2/c1-2-3-9-15-14(12-18)16(19-17-15)11-10-13-7-5-4-6-8-13/h4-8,10-11,18H,2-3,9,12H2,1H3/b11-10+. The van der Waals surface area contributed by atoms with E-state index >= 15 is 0 Å². The third-order valence-electron chi connectivity index (χ3n) is 3.05. The summed E-state index contributed by atoms with van der Waals surface area (Å²) in [6.07, 6.45) is 6.84. The quantitative estimate of drug-likeness (QED) is 0.858. The zero-order valence-electron chi connectivity index (χ0n) is 11.2. The van der Waals surface area contributed by atoms with Crippen LogP contribution < -0.4 is 0 Å². The van der Waals surface area contributed by atoms with Crippen LogP contribution >= 0.6 is 0 Å². The minimum atomic E-state index is -0.0307. The van der Waals surface area contributed by atoms with Gasteiger partial charge in [0, 0.05) is 5.56 Å². The van der Waals surface area contributed by atoms with Crippen molar-refractivity contribution in [2.45, 2.75) is 32.8 Å². The van der Waals surface area contributed by atoms with Gasteiger partial charge in [-0.15, -0.1) is 0 Å². The molecule has 0 aliphatic heterocycles. The van der Waals surface area contributed by atoms with Gasteiger partial charge in [0.15, 0.2) is 5.76 Å². The number of hydrogen-bond acceptors (Lipinski definition) is 3. The molecule has 0 aliphatic rings. The monoisotopic (exact) mass is 257 g/mol. The molecule has 1 aromatic carbocycles. The molecule has 1 aromatic heterocycles. The number of aliphatic hydroxyl groups excluding tert-OH is 1. The molecule has 0 saturated carbocycles. The Morgan fingerprint density at radius 1 is 1.21 bits per heavy atom. The van der Waals surface area contributed by atoms with E-state index in [4.69, 9.17) is 4.52 Å². The van der Waals surface area contributed by atoms with Crippen LogP contribution in [0, 0.1) is 0 Å². The predicted octanol–water partition coefficient (Wildman–Crippen LogP) is 3.68. The molecular formula is C16H19NO2. The third kappa shape index (κ3) is 3.55. The molecule has 0 saturated heterocycles. The Morgan fingerprint density at radius 3 is 2.68 bits per heavy atom. The average Bonchev–Trinajstić information content (AvgIpc) is 2.86. The lowest BCUT2D eigenvalue weighted by atomic mass is 10.1. The summed E-state index contributed by atoms with van der Waals surface area (Å²) in [4.78, 5) is 0. The van der Waals surface area contributed by atoms with E-state index in [2.05, 4.69) is 12.1 Å². The van der Waals surface area contributed by atoms with Gasteiger partial charge >= 0.3 is 0 Å². The molecular weight excluding hydrogens is 238 g/mol. The maximum Gasteiger partial charge on any atom is 0.165 e. The lowest BCUT2D eigenvalue weighted by molar-refractivity contribution is 0.279. The topological polar surface area (TPSA) is 46.3 Å². The predicted molar refractivity (Wildman–Crippen MR) is 76.4 cm³/mol. The largest absolute Gasteiger partial charge is 0.391 e. The van der Waals surface area contributed by atoms with E-state index in [1.165, 1.54) is 0 Å². The van der Waals surface area contributed by atoms with Crippen molar-refractivity contribution in [1.29, 1.82) is 0 Å². The molecule has 0 unspecified atom stereocenters. The Bertz CT molecular complexity index is 529. The van der Waals surface area contributed by atoms with Gasteiger partial charge in [0.05, 0.1) is 12.3 Å². The molecule has 2 rings (SSSR count). The molecule has 0 fully saturated rings. The summed E-state index contributed by atoms with van der Waals surface area (Å²) in [6, 6.07) is 9.99. The molecule has 100 valence electrons. The maximum absolute atomic E-state index is 9.45. The molecule has 1 N–H and O–H groups in total. The van der Waals surface area contributed by atoms with Crippen molar-refractivity contribution >= 4 is 12.2 Å². The highest BCUT2D eigenvalue weighted by Crippen LogP contribution is 2.19. The number of rotatable bonds is 6. The van der Waals surface area contributed by atoms with Crippen molar-refractivity contribution < 1.29 is 9.63 Å². The molecule has 0 aliphatic carbocycles. The van der Waals surface area contributed by atoms with Crippen molar-refractivity contribution in [3.63, 3.8) is 0 Å². The SMILES string of the molecule is CCCCc1noc(/C=C/c2ccccc2)c1CO. The number of benzene rings is 1. The lowest BCUT2D eigenvalue weighted by Gasteiger charge is -1.97. The van der Waals surface area contributed by atoms with E-state index < -0.39 is 0 Å². The van der Waals surface area contributed by atoms with Gasteiger partial charge in [-0.05, 0) is 24.5 Å². The molecule has 0 amide bonds. The number of aromatic nitrogens is 1. The summed E-state index contributed by atoms with van der Waals surface area (Å²) in [6.45, 7) is 2.10. The van der Waals surface area contributed by atoms with Crippen molar-refractivity contribution in [3.05, 3.63) is 52.9 Å². The highest BCUT2D eigenvalue weighted by Gasteiger charge is 2.12. The van der Waals surface area contributed by atoms with Crippen LogP contribution in [0.5, 0.6) is 0 Å². The summed E-state index contributed by atoms with van der Waals surface area (Å²) in [5.41, 5.74) is 2.77. The molecule has 0 radical (unpaired) electrons. The van der Waals surface area contributed by atoms with Gasteiger partial charge in [0.1, 0.15) is 0 Å². The van der Waals surface area contributed by atoms with Gasteiger partial charge in [0.2, 0.25) is 0 Å². The molecule has 1 heterocycles. The smallest absolute Gasteiger partial charge is 0.165 e. The van der Waals surface area contributed by atoms with E-state index in [1.807, 2.05) is 42.5 Å². The van der Waals surface area contributed by atoms with Crippen molar-refractivity contribution in [3.8, 4) is 0 Å². The minimum Gasteiger partial charge on any atom is -0.391 e. The first kappa shape index (κ1) is 13.6. The second kappa shape index (κ2) is 6.90. The third-order valence-corrected chi connectivity index (χ3v) is 3.05. The Balaban J connectivity index is 2.16. The molecule has 0 spiro atoms. The van der Waals surface area contributed by atoms with Crippen LogP contribution in [0.2, 0.25) is 0 Å². The van der Waals surface area contributed by atoms with E-state index in [9.17, 15) is 5.11 Å². The normalized spacial score (nSPS) is 11.3. The maximum atomic E-state index is 9.45. The number of aliphatic hydroxyl groups is 1. The number of unbranched alkanes of at least 4 members (excludes halogenated alkanes) is 1. The van der Waals surface area contributed by atoms with Gasteiger partial charge in [-0.25, -0.2) is 0 Å². The molecule has 2 aromatic rings. The second-order valence-electron chi connectivity index (χ2n) is 4.48. The molecule has 0 bridgehead atoms. The van der Waals surface area contributed by atoms with Gasteiger partial charge < -0.3 is 9.63 Å². The van der Waals surface area contributed by atoms with Crippen LogP contribution in [0.15, 0.2) is 34.9 Å². The van der Waals surface area contributed by atoms with Crippen LogP contribution in [0.3, 0.4) is 0 Å². The minimum absolute atomic E-state index is 0.0307. The van der Waals surface area contributed by atoms with Crippen molar-refractivity contribution in [2.75, 3.05) is 0 Å². The highest BCUT2D eigenvalue weighted by atomic mass is 16.5. The van der Waals surface area contributed by atoms with E-state index in [0.29, 0.717) is 5.76 Å². The Labute approximate surface area is 113 Å². The van der Waals surface area contributed by atoms with Crippen LogP contribution in [0.4, 0.5) is 0 Å². The van der Waals surface area contributed by atoms with E-state index in [1.54, 1.807) is 0 Å². The number of aryl methyl sites for hydroxylation is 1. The first-order valence-electron chi connectivity index (χ1n) is 6.66. The van der Waals surface area contributed by atoms with Crippen LogP contribution in [-0.4, -0.2) is 10.3 Å². The zero-order chi connectivity index (χ0) is 13.5. The summed E-state index contributed by atoms with van der Waals surface area (Å²) in [5.74, 6) is 0.650. The van der Waals surface area contributed by atoms with E-state index in [-0.39, 0.29) is 6.61 Å². The van der Waals surface area contributed by atoms with Gasteiger partial charge in [0.25, 0.3) is 0 Å². The molecule has 3 nitrogen and oxygen atoms in total.